The molecule has 8 heteroatoms. The van der Waals surface area contributed by atoms with Gasteiger partial charge in [0.1, 0.15) is 0 Å². The molecule has 0 radical (unpaired) electrons. The van der Waals surface area contributed by atoms with Gasteiger partial charge in [-0.15, -0.1) is 0 Å². The quantitative estimate of drug-likeness (QED) is 0.240. The predicted octanol–water partition coefficient (Wildman–Crippen LogP) is 1.53. The van der Waals surface area contributed by atoms with Crippen molar-refractivity contribution in [2.75, 3.05) is 33.2 Å². The number of ether oxygens (including phenoxy) is 2. The third kappa shape index (κ3) is 16.5. The van der Waals surface area contributed by atoms with Crippen LogP contribution in [0.1, 0.15) is 39.5 Å². The Kier molecular flexibility index (Phi) is 17.2. The lowest BCUT2D eigenvalue weighted by atomic mass is 10.2. The van der Waals surface area contributed by atoms with E-state index in [1.54, 1.807) is 6.92 Å². The second-order valence-electron chi connectivity index (χ2n) is 3.65. The molecule has 0 aromatic rings. The number of unbranched alkanes of at least 4 members (excludes halogenated alkanes) is 3. The highest BCUT2D eigenvalue weighted by molar-refractivity contribution is 7.47. The first-order chi connectivity index (χ1) is 8.62. The first kappa shape index (κ1) is 21.9. The molecule has 0 aliphatic rings. The summed E-state index contributed by atoms with van der Waals surface area (Å²) < 4.78 is 30.6. The lowest BCUT2D eigenvalue weighted by Gasteiger charge is -2.11. The normalized spacial score (nSPS) is 13.8. The van der Waals surface area contributed by atoms with Gasteiger partial charge in [0.15, 0.2) is 24.2 Å². The van der Waals surface area contributed by atoms with Gasteiger partial charge in [0.05, 0.1) is 6.61 Å². The van der Waals surface area contributed by atoms with Crippen LogP contribution in [0.15, 0.2) is 0 Å². The summed E-state index contributed by atoms with van der Waals surface area (Å²) in [5.74, 6) is 0. The van der Waals surface area contributed by atoms with Crippen LogP contribution in [0.2, 0.25) is 0 Å². The largest absolute Gasteiger partial charge is 0.474 e. The molecule has 19 heavy (non-hydrogen) atoms. The van der Waals surface area contributed by atoms with Gasteiger partial charge in [-0.2, -0.15) is 0 Å². The predicted molar refractivity (Wildman–Crippen MR) is 78.3 cm³/mol. The second-order valence-corrected chi connectivity index (χ2v) is 5.11. The summed E-state index contributed by atoms with van der Waals surface area (Å²) in [5.41, 5.74) is 0. The summed E-state index contributed by atoms with van der Waals surface area (Å²) in [6.07, 6.45) is 3.71. The standard InChI is InChI=1S/C11H25O6P.Al.3H/c1-3-14-9-7-5-6-8-10-16-18(12,13)17-11-15-4-2;;;;/h3-11H2,1-2H3,(H,12,13);;;;. The number of hydrogen-bond acceptors (Lipinski definition) is 5. The molecular weight excluding hydrogens is 286 g/mol. The first-order valence-electron chi connectivity index (χ1n) is 6.39. The lowest BCUT2D eigenvalue weighted by Crippen LogP contribution is -2.01. The molecule has 1 unspecified atom stereocenters. The monoisotopic (exact) mass is 314 g/mol. The Morgan fingerprint density at radius 2 is 1.47 bits per heavy atom. The van der Waals surface area contributed by atoms with Gasteiger partial charge in [0.2, 0.25) is 0 Å². The highest BCUT2D eigenvalue weighted by atomic mass is 31.2. The van der Waals surface area contributed by atoms with Crippen molar-refractivity contribution < 1.29 is 28.0 Å². The summed E-state index contributed by atoms with van der Waals surface area (Å²) in [7, 11) is -3.94. The van der Waals surface area contributed by atoms with Gasteiger partial charge in [0.25, 0.3) is 0 Å². The second kappa shape index (κ2) is 15.0. The molecule has 0 bridgehead atoms. The molecule has 0 saturated carbocycles. The van der Waals surface area contributed by atoms with E-state index < -0.39 is 7.82 Å². The summed E-state index contributed by atoms with van der Waals surface area (Å²) >= 11 is 0. The zero-order valence-electron chi connectivity index (χ0n) is 11.3. The van der Waals surface area contributed by atoms with Crippen LogP contribution in [-0.4, -0.2) is 55.5 Å². The van der Waals surface area contributed by atoms with Crippen molar-refractivity contribution >= 4 is 25.2 Å². The highest BCUT2D eigenvalue weighted by Crippen LogP contribution is 2.43. The van der Waals surface area contributed by atoms with Crippen LogP contribution in [0.25, 0.3) is 0 Å². The molecule has 0 rings (SSSR count). The maximum Gasteiger partial charge on any atom is 0.474 e. The molecule has 0 heterocycles. The minimum absolute atomic E-state index is 0. The minimum atomic E-state index is -3.94. The Labute approximate surface area is 126 Å². The Morgan fingerprint density at radius 1 is 0.895 bits per heavy atom. The van der Waals surface area contributed by atoms with Gasteiger partial charge in [-0.3, -0.25) is 9.05 Å². The Balaban J connectivity index is 0. The third-order valence-electron chi connectivity index (χ3n) is 2.14. The van der Waals surface area contributed by atoms with E-state index in [0.29, 0.717) is 6.61 Å². The average molecular weight is 314 g/mol. The molecule has 1 atom stereocenters. The first-order valence-corrected chi connectivity index (χ1v) is 7.89. The number of phosphoric acid groups is 1. The van der Waals surface area contributed by atoms with E-state index in [-0.39, 0.29) is 30.8 Å². The SMILES string of the molecule is CCOCCCCCCOP(=O)(O)OCOCC.[AlH3]. The summed E-state index contributed by atoms with van der Waals surface area (Å²) in [6, 6.07) is 0. The number of rotatable bonds is 13. The zero-order valence-corrected chi connectivity index (χ0v) is 12.2. The van der Waals surface area contributed by atoms with Gasteiger partial charge in [-0.1, -0.05) is 12.8 Å². The van der Waals surface area contributed by atoms with Crippen LogP contribution >= 0.6 is 7.82 Å². The van der Waals surface area contributed by atoms with Crippen LogP contribution in [0.4, 0.5) is 0 Å². The molecule has 0 amide bonds. The molecule has 6 nitrogen and oxygen atoms in total. The van der Waals surface area contributed by atoms with E-state index in [9.17, 15) is 9.46 Å². The van der Waals surface area contributed by atoms with Crippen LogP contribution in [0.3, 0.4) is 0 Å². The van der Waals surface area contributed by atoms with E-state index in [4.69, 9.17) is 14.0 Å². The van der Waals surface area contributed by atoms with Crippen LogP contribution in [0, 0.1) is 0 Å². The van der Waals surface area contributed by atoms with Crippen molar-refractivity contribution in [3.63, 3.8) is 0 Å². The number of hydrogen-bond donors (Lipinski definition) is 1. The zero-order chi connectivity index (χ0) is 13.7. The van der Waals surface area contributed by atoms with Gasteiger partial charge >= 0.3 is 7.82 Å². The fraction of sp³-hybridized carbons (Fsp3) is 1.00. The topological polar surface area (TPSA) is 74.2 Å². The van der Waals surface area contributed by atoms with Gasteiger partial charge in [0, 0.05) is 19.8 Å². The molecule has 0 saturated heterocycles. The summed E-state index contributed by atoms with van der Waals surface area (Å²) in [6.45, 7) is 5.68. The van der Waals surface area contributed by atoms with Crippen LogP contribution in [0.5, 0.6) is 0 Å². The molecule has 0 aromatic heterocycles. The minimum Gasteiger partial charge on any atom is -0.382 e. The van der Waals surface area contributed by atoms with Crippen molar-refractivity contribution in [3.8, 4) is 0 Å². The fourth-order valence-corrected chi connectivity index (χ4v) is 1.85. The number of phosphoric ester groups is 1. The van der Waals surface area contributed by atoms with Crippen molar-refractivity contribution in [2.45, 2.75) is 39.5 Å². The van der Waals surface area contributed by atoms with E-state index in [1.165, 1.54) is 0 Å². The summed E-state index contributed by atoms with van der Waals surface area (Å²) in [4.78, 5) is 9.22. The fourth-order valence-electron chi connectivity index (χ4n) is 1.21. The van der Waals surface area contributed by atoms with Gasteiger partial charge in [-0.25, -0.2) is 4.57 Å². The Hall–Kier alpha value is 0.562. The molecule has 0 fully saturated rings. The summed E-state index contributed by atoms with van der Waals surface area (Å²) in [5, 5.41) is 0. The Morgan fingerprint density at radius 3 is 2.05 bits per heavy atom. The van der Waals surface area contributed by atoms with E-state index in [0.717, 1.165) is 38.9 Å². The van der Waals surface area contributed by atoms with E-state index >= 15 is 0 Å². The molecule has 116 valence electrons. The van der Waals surface area contributed by atoms with Crippen LogP contribution < -0.4 is 0 Å². The third-order valence-corrected chi connectivity index (χ3v) is 3.09. The smallest absolute Gasteiger partial charge is 0.382 e. The molecular formula is C11H28AlO6P. The maximum atomic E-state index is 11.3. The van der Waals surface area contributed by atoms with Crippen LogP contribution in [-0.2, 0) is 23.1 Å². The van der Waals surface area contributed by atoms with Crippen molar-refractivity contribution in [1.82, 2.24) is 0 Å². The lowest BCUT2D eigenvalue weighted by molar-refractivity contribution is -0.00243. The average Bonchev–Trinajstić information content (AvgIpc) is 2.33. The molecule has 0 aromatic carbocycles. The Bertz CT molecular complexity index is 229. The van der Waals surface area contributed by atoms with Crippen molar-refractivity contribution in [2.24, 2.45) is 0 Å². The molecule has 0 spiro atoms. The highest BCUT2D eigenvalue weighted by Gasteiger charge is 2.20. The van der Waals surface area contributed by atoms with Gasteiger partial charge < -0.3 is 14.4 Å². The molecule has 1 N–H and O–H groups in total. The molecule has 0 aliphatic heterocycles. The van der Waals surface area contributed by atoms with Crippen molar-refractivity contribution in [3.05, 3.63) is 0 Å². The van der Waals surface area contributed by atoms with E-state index in [1.807, 2.05) is 6.92 Å². The van der Waals surface area contributed by atoms with E-state index in [2.05, 4.69) is 4.52 Å². The van der Waals surface area contributed by atoms with Gasteiger partial charge in [-0.05, 0) is 26.7 Å². The maximum absolute atomic E-state index is 11.3. The molecule has 0 aliphatic carbocycles. The van der Waals surface area contributed by atoms with Crippen molar-refractivity contribution in [1.29, 1.82) is 0 Å².